The van der Waals surface area contributed by atoms with Gasteiger partial charge in [0.15, 0.2) is 4.90 Å². The van der Waals surface area contributed by atoms with Crippen LogP contribution in [0.5, 0.6) is 0 Å². The van der Waals surface area contributed by atoms with Crippen LogP contribution >= 0.6 is 0 Å². The van der Waals surface area contributed by atoms with Gasteiger partial charge in [0.1, 0.15) is 6.61 Å². The number of nitrogens with one attached hydrogen (secondary N) is 1. The Bertz CT molecular complexity index is 609. The highest BCUT2D eigenvalue weighted by atomic mass is 32.2. The van der Waals surface area contributed by atoms with E-state index in [0.29, 0.717) is 0 Å². The highest BCUT2D eigenvalue weighted by Gasteiger charge is 2.28. The van der Waals surface area contributed by atoms with E-state index in [1.165, 1.54) is 0 Å². The van der Waals surface area contributed by atoms with E-state index in [-0.39, 0.29) is 13.2 Å². The third kappa shape index (κ3) is 4.95. The maximum atomic E-state index is 13.3. The Morgan fingerprint density at radius 3 is 2.62 bits per heavy atom. The monoisotopic (exact) mass is 328 g/mol. The average Bonchev–Trinajstić information content (AvgIpc) is 2.37. The average molecular weight is 328 g/mol. The van der Waals surface area contributed by atoms with Crippen LogP contribution in [0.25, 0.3) is 0 Å². The summed E-state index contributed by atoms with van der Waals surface area (Å²) in [5.74, 6) is -1.29. The first-order chi connectivity index (χ1) is 9.75. The topological polar surface area (TPSA) is 98.5 Å². The third-order valence-corrected chi connectivity index (χ3v) is 3.70. The fourth-order valence-corrected chi connectivity index (χ4v) is 2.58. The van der Waals surface area contributed by atoms with Gasteiger partial charge in [0, 0.05) is 6.54 Å². The van der Waals surface area contributed by atoms with E-state index in [9.17, 15) is 31.7 Å². The first-order valence-corrected chi connectivity index (χ1v) is 7.02. The molecule has 1 aromatic carbocycles. The van der Waals surface area contributed by atoms with Crippen molar-refractivity contribution in [2.24, 2.45) is 0 Å². The van der Waals surface area contributed by atoms with Crippen LogP contribution in [-0.4, -0.2) is 39.5 Å². The third-order valence-electron chi connectivity index (χ3n) is 2.20. The lowest BCUT2D eigenvalue weighted by atomic mass is 10.3. The van der Waals surface area contributed by atoms with Crippen molar-refractivity contribution in [3.8, 4) is 0 Å². The van der Waals surface area contributed by atoms with Crippen LogP contribution in [0, 0.1) is 15.9 Å². The minimum absolute atomic E-state index is 0.354. The SMILES string of the molecule is O=[N+]([O-])c1c(F)cccc1S(=O)(=O)NCCOCC(F)F. The van der Waals surface area contributed by atoms with Crippen molar-refractivity contribution in [1.82, 2.24) is 4.72 Å². The van der Waals surface area contributed by atoms with E-state index in [1.54, 1.807) is 0 Å². The van der Waals surface area contributed by atoms with Crippen LogP contribution in [0.4, 0.5) is 18.9 Å². The number of hydrogen-bond donors (Lipinski definition) is 1. The van der Waals surface area contributed by atoms with Gasteiger partial charge in [-0.15, -0.1) is 0 Å². The van der Waals surface area contributed by atoms with Crippen molar-refractivity contribution in [2.75, 3.05) is 19.8 Å². The maximum absolute atomic E-state index is 13.3. The summed E-state index contributed by atoms with van der Waals surface area (Å²) in [6.07, 6.45) is -2.69. The van der Waals surface area contributed by atoms with Gasteiger partial charge in [0.2, 0.25) is 15.8 Å². The van der Waals surface area contributed by atoms with Gasteiger partial charge in [0.05, 0.1) is 11.5 Å². The number of nitro groups is 1. The molecule has 0 radical (unpaired) electrons. The van der Waals surface area contributed by atoms with Crippen LogP contribution in [0.1, 0.15) is 0 Å². The molecule has 0 aliphatic heterocycles. The standard InChI is InChI=1S/C10H11F3N2O5S/c11-7-2-1-3-8(10(7)15(16)17)21(18,19)14-4-5-20-6-9(12)13/h1-3,9,14H,4-6H2. The zero-order valence-electron chi connectivity index (χ0n) is 10.5. The van der Waals surface area contributed by atoms with Gasteiger partial charge in [-0.1, -0.05) is 6.07 Å². The lowest BCUT2D eigenvalue weighted by molar-refractivity contribution is -0.390. The molecule has 0 saturated carbocycles. The molecule has 21 heavy (non-hydrogen) atoms. The molecule has 1 aromatic rings. The summed E-state index contributed by atoms with van der Waals surface area (Å²) in [4.78, 5) is 8.70. The molecule has 0 aromatic heterocycles. The molecule has 118 valence electrons. The van der Waals surface area contributed by atoms with Crippen LogP contribution < -0.4 is 4.72 Å². The van der Waals surface area contributed by atoms with Crippen molar-refractivity contribution >= 4 is 15.7 Å². The van der Waals surface area contributed by atoms with Gasteiger partial charge in [-0.25, -0.2) is 21.9 Å². The van der Waals surface area contributed by atoms with E-state index < -0.39 is 44.4 Å². The number of nitro benzene ring substituents is 1. The zero-order chi connectivity index (χ0) is 16.0. The largest absolute Gasteiger partial charge is 0.374 e. The minimum atomic E-state index is -4.36. The molecular weight excluding hydrogens is 317 g/mol. The van der Waals surface area contributed by atoms with Gasteiger partial charge in [-0.3, -0.25) is 10.1 Å². The number of nitrogens with zero attached hydrogens (tertiary/aromatic N) is 1. The molecule has 0 saturated heterocycles. The van der Waals surface area contributed by atoms with Gasteiger partial charge < -0.3 is 4.74 Å². The lowest BCUT2D eigenvalue weighted by Gasteiger charge is -2.08. The zero-order valence-corrected chi connectivity index (χ0v) is 11.3. The molecule has 7 nitrogen and oxygen atoms in total. The Balaban J connectivity index is 2.80. The molecule has 0 atom stereocenters. The van der Waals surface area contributed by atoms with Crippen LogP contribution in [0.3, 0.4) is 0 Å². The number of sulfonamides is 1. The molecule has 0 amide bonds. The molecule has 0 spiro atoms. The lowest BCUT2D eigenvalue weighted by Crippen LogP contribution is -2.28. The van der Waals surface area contributed by atoms with Crippen LogP contribution in [-0.2, 0) is 14.8 Å². The second kappa shape index (κ2) is 7.33. The summed E-state index contributed by atoms with van der Waals surface area (Å²) in [7, 11) is -4.36. The van der Waals surface area contributed by atoms with Gasteiger partial charge in [-0.05, 0) is 12.1 Å². The molecule has 0 bridgehead atoms. The van der Waals surface area contributed by atoms with Crippen molar-refractivity contribution in [3.63, 3.8) is 0 Å². The Hall–Kier alpha value is -1.72. The van der Waals surface area contributed by atoms with Crippen LogP contribution in [0.15, 0.2) is 23.1 Å². The summed E-state index contributed by atoms with van der Waals surface area (Å²) >= 11 is 0. The summed E-state index contributed by atoms with van der Waals surface area (Å²) in [5, 5.41) is 10.7. The predicted octanol–water partition coefficient (Wildman–Crippen LogP) is 1.29. The van der Waals surface area contributed by atoms with Crippen molar-refractivity contribution in [2.45, 2.75) is 11.3 Å². The summed E-state index contributed by atoms with van der Waals surface area (Å²) in [5.41, 5.74) is -1.18. The summed E-state index contributed by atoms with van der Waals surface area (Å²) in [6, 6.07) is 2.62. The Kier molecular flexibility index (Phi) is 6.05. The van der Waals surface area contributed by atoms with Crippen LogP contribution in [0.2, 0.25) is 0 Å². The number of para-hydroxylation sites is 1. The molecule has 1 N–H and O–H groups in total. The van der Waals surface area contributed by atoms with Crippen molar-refractivity contribution in [3.05, 3.63) is 34.1 Å². The fraction of sp³-hybridized carbons (Fsp3) is 0.400. The van der Waals surface area contributed by atoms with E-state index in [1.807, 2.05) is 4.72 Å². The van der Waals surface area contributed by atoms with Gasteiger partial charge in [0.25, 0.3) is 6.43 Å². The molecular formula is C10H11F3N2O5S. The predicted molar refractivity (Wildman–Crippen MR) is 65.1 cm³/mol. The number of ether oxygens (including phenoxy) is 1. The highest BCUT2D eigenvalue weighted by Crippen LogP contribution is 2.26. The maximum Gasteiger partial charge on any atom is 0.324 e. The number of alkyl halides is 2. The number of halogens is 3. The normalized spacial score (nSPS) is 11.8. The quantitative estimate of drug-likeness (QED) is 0.440. The molecule has 1 rings (SSSR count). The molecule has 0 unspecified atom stereocenters. The first-order valence-electron chi connectivity index (χ1n) is 5.54. The van der Waals surface area contributed by atoms with E-state index in [4.69, 9.17) is 0 Å². The molecule has 0 heterocycles. The summed E-state index contributed by atoms with van der Waals surface area (Å²) in [6.45, 7) is -1.60. The Morgan fingerprint density at radius 2 is 2.05 bits per heavy atom. The minimum Gasteiger partial charge on any atom is -0.374 e. The van der Waals surface area contributed by atoms with Crippen molar-refractivity contribution in [1.29, 1.82) is 0 Å². The highest BCUT2D eigenvalue weighted by molar-refractivity contribution is 7.89. The Labute approximate surface area is 117 Å². The second-order valence-electron chi connectivity index (χ2n) is 3.71. The molecule has 0 aliphatic rings. The smallest absolute Gasteiger partial charge is 0.324 e. The molecule has 11 heteroatoms. The number of rotatable bonds is 8. The van der Waals surface area contributed by atoms with Gasteiger partial charge in [-0.2, -0.15) is 4.39 Å². The van der Waals surface area contributed by atoms with Gasteiger partial charge >= 0.3 is 5.69 Å². The second-order valence-corrected chi connectivity index (χ2v) is 5.44. The summed E-state index contributed by atoms with van der Waals surface area (Å²) < 4.78 is 66.8. The Morgan fingerprint density at radius 1 is 1.38 bits per heavy atom. The van der Waals surface area contributed by atoms with E-state index >= 15 is 0 Å². The molecule has 0 aliphatic carbocycles. The number of benzene rings is 1. The van der Waals surface area contributed by atoms with E-state index in [0.717, 1.165) is 18.2 Å². The van der Waals surface area contributed by atoms with E-state index in [2.05, 4.69) is 4.74 Å². The fourth-order valence-electron chi connectivity index (χ4n) is 1.39. The number of hydrogen-bond acceptors (Lipinski definition) is 5. The first kappa shape index (κ1) is 17.3. The molecule has 0 fully saturated rings. The van der Waals surface area contributed by atoms with Crippen molar-refractivity contribution < 1.29 is 31.2 Å².